The van der Waals surface area contributed by atoms with Gasteiger partial charge < -0.3 is 5.73 Å². The Bertz CT molecular complexity index is 396. The van der Waals surface area contributed by atoms with Gasteiger partial charge in [-0.2, -0.15) is 0 Å². The van der Waals surface area contributed by atoms with Crippen molar-refractivity contribution < 1.29 is 8.42 Å². The maximum absolute atomic E-state index is 11.5. The van der Waals surface area contributed by atoms with Crippen LogP contribution in [0.4, 0.5) is 5.69 Å². The van der Waals surface area contributed by atoms with Crippen molar-refractivity contribution in [3.05, 3.63) is 16.9 Å². The number of halogens is 1. The number of nitrogen functional groups attached to an aromatic ring is 1. The highest BCUT2D eigenvalue weighted by Gasteiger charge is 2.18. The molecule has 0 aliphatic carbocycles. The van der Waals surface area contributed by atoms with Gasteiger partial charge in [0.25, 0.3) is 0 Å². The molecular formula is C7H9BrN2O2S. The topological polar surface area (TPSA) is 73.0 Å². The first-order chi connectivity index (χ1) is 5.99. The Labute approximate surface area is 85.2 Å². The van der Waals surface area contributed by atoms with Gasteiger partial charge in [-0.15, -0.1) is 0 Å². The minimum absolute atomic E-state index is 0.0276. The summed E-state index contributed by atoms with van der Waals surface area (Å²) in [4.78, 5) is 3.89. The van der Waals surface area contributed by atoms with Crippen molar-refractivity contribution in [3.8, 4) is 0 Å². The number of nitrogens with two attached hydrogens (primary N) is 1. The van der Waals surface area contributed by atoms with Crippen LogP contribution in [0.5, 0.6) is 0 Å². The van der Waals surface area contributed by atoms with E-state index in [1.54, 1.807) is 6.92 Å². The highest BCUT2D eigenvalue weighted by Crippen LogP contribution is 2.26. The molecule has 0 saturated heterocycles. The monoisotopic (exact) mass is 264 g/mol. The standard InChI is InChI=1S/C7H9BrN2O2S/c1-2-13(11,12)7-5(8)3-10-4-6(7)9/h3-4H,2,9H2,1H3. The summed E-state index contributed by atoms with van der Waals surface area (Å²) in [7, 11) is -3.27. The number of nitrogens with zero attached hydrogens (tertiary/aromatic N) is 1. The molecule has 0 aliphatic rings. The van der Waals surface area contributed by atoms with Gasteiger partial charge >= 0.3 is 0 Å². The van der Waals surface area contributed by atoms with Gasteiger partial charge in [0.05, 0.1) is 22.1 Å². The van der Waals surface area contributed by atoms with Gasteiger partial charge in [0.15, 0.2) is 9.84 Å². The van der Waals surface area contributed by atoms with Gasteiger partial charge in [-0.1, -0.05) is 6.92 Å². The zero-order valence-corrected chi connectivity index (χ0v) is 9.39. The summed E-state index contributed by atoms with van der Waals surface area (Å²) in [6.45, 7) is 1.57. The number of sulfone groups is 1. The highest BCUT2D eigenvalue weighted by atomic mass is 79.9. The lowest BCUT2D eigenvalue weighted by Crippen LogP contribution is -2.08. The van der Waals surface area contributed by atoms with Crippen LogP contribution in [0.2, 0.25) is 0 Å². The van der Waals surface area contributed by atoms with E-state index in [0.29, 0.717) is 4.47 Å². The molecule has 0 spiro atoms. The summed E-state index contributed by atoms with van der Waals surface area (Å²) in [6, 6.07) is 0. The zero-order chi connectivity index (χ0) is 10.1. The summed E-state index contributed by atoms with van der Waals surface area (Å²) in [6.07, 6.45) is 2.74. The van der Waals surface area contributed by atoms with E-state index in [1.165, 1.54) is 12.4 Å². The van der Waals surface area contributed by atoms with Crippen LogP contribution in [-0.4, -0.2) is 19.2 Å². The van der Waals surface area contributed by atoms with Gasteiger partial charge in [0, 0.05) is 6.20 Å². The summed E-state index contributed by atoms with van der Waals surface area (Å²) >= 11 is 3.10. The molecule has 0 aromatic carbocycles. The maximum Gasteiger partial charge on any atom is 0.181 e. The molecule has 1 heterocycles. The summed E-state index contributed by atoms with van der Waals surface area (Å²) in [5.41, 5.74) is 5.69. The third-order valence-electron chi connectivity index (χ3n) is 1.57. The van der Waals surface area contributed by atoms with E-state index in [1.807, 2.05) is 0 Å². The normalized spacial score (nSPS) is 11.5. The van der Waals surface area contributed by atoms with Crippen LogP contribution in [0, 0.1) is 0 Å². The Hall–Kier alpha value is -0.620. The van der Waals surface area contributed by atoms with E-state index < -0.39 is 9.84 Å². The molecule has 0 radical (unpaired) electrons. The van der Waals surface area contributed by atoms with Crippen LogP contribution in [0.15, 0.2) is 21.8 Å². The van der Waals surface area contributed by atoms with E-state index >= 15 is 0 Å². The number of pyridine rings is 1. The Morgan fingerprint density at radius 2 is 2.15 bits per heavy atom. The number of hydrogen-bond acceptors (Lipinski definition) is 4. The van der Waals surface area contributed by atoms with E-state index in [9.17, 15) is 8.42 Å². The van der Waals surface area contributed by atoms with E-state index in [4.69, 9.17) is 5.73 Å². The van der Waals surface area contributed by atoms with Crippen LogP contribution in [-0.2, 0) is 9.84 Å². The smallest absolute Gasteiger partial charge is 0.181 e. The number of anilines is 1. The second kappa shape index (κ2) is 3.63. The third kappa shape index (κ3) is 2.00. The Morgan fingerprint density at radius 1 is 1.54 bits per heavy atom. The van der Waals surface area contributed by atoms with Crippen LogP contribution in [0.1, 0.15) is 6.92 Å². The molecular weight excluding hydrogens is 256 g/mol. The molecule has 0 amide bonds. The van der Waals surface area contributed by atoms with Crippen molar-refractivity contribution in [1.82, 2.24) is 4.98 Å². The molecule has 1 aromatic heterocycles. The van der Waals surface area contributed by atoms with Crippen molar-refractivity contribution in [2.75, 3.05) is 11.5 Å². The molecule has 0 aliphatic heterocycles. The molecule has 1 rings (SSSR count). The van der Waals surface area contributed by atoms with E-state index in [2.05, 4.69) is 20.9 Å². The first-order valence-electron chi connectivity index (χ1n) is 3.60. The lowest BCUT2D eigenvalue weighted by molar-refractivity contribution is 0.597. The third-order valence-corrected chi connectivity index (χ3v) is 4.27. The first-order valence-corrected chi connectivity index (χ1v) is 6.05. The maximum atomic E-state index is 11.5. The fourth-order valence-corrected chi connectivity index (χ4v) is 3.05. The lowest BCUT2D eigenvalue weighted by Gasteiger charge is -2.06. The molecule has 1 aromatic rings. The minimum atomic E-state index is -3.27. The van der Waals surface area contributed by atoms with Crippen molar-refractivity contribution in [2.45, 2.75) is 11.8 Å². The fourth-order valence-electron chi connectivity index (χ4n) is 0.911. The minimum Gasteiger partial charge on any atom is -0.396 e. The van der Waals surface area contributed by atoms with Crippen molar-refractivity contribution in [3.63, 3.8) is 0 Å². The molecule has 0 bridgehead atoms. The molecule has 0 atom stereocenters. The lowest BCUT2D eigenvalue weighted by atomic mass is 10.4. The second-order valence-electron chi connectivity index (χ2n) is 2.44. The van der Waals surface area contributed by atoms with Crippen LogP contribution >= 0.6 is 15.9 Å². The van der Waals surface area contributed by atoms with Crippen molar-refractivity contribution >= 4 is 31.5 Å². The van der Waals surface area contributed by atoms with E-state index in [0.717, 1.165) is 0 Å². The largest absolute Gasteiger partial charge is 0.396 e. The number of aromatic nitrogens is 1. The predicted octanol–water partition coefficient (Wildman–Crippen LogP) is 1.22. The van der Waals surface area contributed by atoms with Gasteiger partial charge in [-0.05, 0) is 15.9 Å². The molecule has 72 valence electrons. The molecule has 0 saturated carbocycles. The first kappa shape index (κ1) is 10.5. The van der Waals surface area contributed by atoms with Crippen LogP contribution in [0.25, 0.3) is 0 Å². The van der Waals surface area contributed by atoms with E-state index in [-0.39, 0.29) is 16.3 Å². The Morgan fingerprint density at radius 3 is 2.62 bits per heavy atom. The van der Waals surface area contributed by atoms with Crippen LogP contribution < -0.4 is 5.73 Å². The number of rotatable bonds is 2. The molecule has 4 nitrogen and oxygen atoms in total. The molecule has 0 fully saturated rings. The molecule has 6 heteroatoms. The van der Waals surface area contributed by atoms with Crippen molar-refractivity contribution in [2.24, 2.45) is 0 Å². The predicted molar refractivity (Wildman–Crippen MR) is 54.1 cm³/mol. The molecule has 0 unspecified atom stereocenters. The zero-order valence-electron chi connectivity index (χ0n) is 6.99. The number of hydrogen-bond donors (Lipinski definition) is 1. The molecule has 2 N–H and O–H groups in total. The van der Waals surface area contributed by atoms with Crippen LogP contribution in [0.3, 0.4) is 0 Å². The Kier molecular flexibility index (Phi) is 2.92. The second-order valence-corrected chi connectivity index (χ2v) is 5.51. The average molecular weight is 265 g/mol. The SMILES string of the molecule is CCS(=O)(=O)c1c(N)cncc1Br. The summed E-state index contributed by atoms with van der Waals surface area (Å²) in [5, 5.41) is 0. The summed E-state index contributed by atoms with van der Waals surface area (Å²) in [5.74, 6) is 0.0276. The van der Waals surface area contributed by atoms with Gasteiger partial charge in [0.2, 0.25) is 0 Å². The molecule has 13 heavy (non-hydrogen) atoms. The average Bonchev–Trinajstić information content (AvgIpc) is 2.03. The fraction of sp³-hybridized carbons (Fsp3) is 0.286. The summed E-state index contributed by atoms with van der Waals surface area (Å²) < 4.78 is 23.4. The van der Waals surface area contributed by atoms with Crippen molar-refractivity contribution in [1.29, 1.82) is 0 Å². The highest BCUT2D eigenvalue weighted by molar-refractivity contribution is 9.10. The van der Waals surface area contributed by atoms with Gasteiger partial charge in [0.1, 0.15) is 4.90 Å². The quantitative estimate of drug-likeness (QED) is 0.872. The van der Waals surface area contributed by atoms with Gasteiger partial charge in [-0.3, -0.25) is 4.98 Å². The Balaban J connectivity index is 3.46. The van der Waals surface area contributed by atoms with Gasteiger partial charge in [-0.25, -0.2) is 8.42 Å².